The van der Waals surface area contributed by atoms with E-state index in [0.717, 1.165) is 10.9 Å². The van der Waals surface area contributed by atoms with Crippen LogP contribution in [0.2, 0.25) is 0 Å². The first-order chi connectivity index (χ1) is 16.2. The number of amides is 2. The van der Waals surface area contributed by atoms with E-state index in [4.69, 9.17) is 16.9 Å². The maximum atomic E-state index is 13.8. The minimum Gasteiger partial charge on any atom is -0.384 e. The Labute approximate surface area is 195 Å². The highest BCUT2D eigenvalue weighted by Crippen LogP contribution is 2.30. The van der Waals surface area contributed by atoms with Gasteiger partial charge in [0.15, 0.2) is 0 Å². The smallest absolute Gasteiger partial charge is 0.270 e. The van der Waals surface area contributed by atoms with E-state index < -0.39 is 18.4 Å². The second kappa shape index (κ2) is 9.22. The number of fused-ring (bicyclic) bond motifs is 1. The Balaban J connectivity index is 1.73. The number of nitrogens with two attached hydrogens (primary N) is 2. The summed E-state index contributed by atoms with van der Waals surface area (Å²) in [4.78, 5) is 26.3. The molecule has 10 heteroatoms. The van der Waals surface area contributed by atoms with E-state index in [0.29, 0.717) is 16.8 Å². The van der Waals surface area contributed by atoms with E-state index in [1.807, 2.05) is 6.07 Å². The maximum absolute atomic E-state index is 13.8. The number of hydrogen-bond donors (Lipinski definition) is 4. The molecule has 178 valence electrons. The van der Waals surface area contributed by atoms with E-state index in [1.165, 1.54) is 4.90 Å². The Kier molecular flexibility index (Phi) is 6.34. The fraction of sp³-hybridized carbons (Fsp3) is 0.292. The first kappa shape index (κ1) is 23.4. The van der Waals surface area contributed by atoms with Gasteiger partial charge < -0.3 is 26.3 Å². The topological polar surface area (TPSA) is 130 Å². The molecule has 1 aromatic heterocycles. The summed E-state index contributed by atoms with van der Waals surface area (Å²) >= 11 is 0. The molecule has 1 aliphatic heterocycles. The Hall–Kier alpha value is -3.79. The van der Waals surface area contributed by atoms with Gasteiger partial charge in [-0.15, -0.1) is 0 Å². The number of nitrogens with zero attached hydrogens (tertiary/aromatic N) is 2. The molecule has 0 atom stereocenters. The number of rotatable bonds is 7. The molecule has 2 aromatic carbocycles. The van der Waals surface area contributed by atoms with Crippen LogP contribution in [0.25, 0.3) is 10.9 Å². The maximum Gasteiger partial charge on any atom is 0.270 e. The van der Waals surface area contributed by atoms with E-state index >= 15 is 0 Å². The van der Waals surface area contributed by atoms with Gasteiger partial charge in [0, 0.05) is 54.6 Å². The van der Waals surface area contributed by atoms with Crippen LogP contribution in [0.3, 0.4) is 0 Å². The third kappa shape index (κ3) is 4.91. The summed E-state index contributed by atoms with van der Waals surface area (Å²) in [7, 11) is 0. The van der Waals surface area contributed by atoms with Crippen LogP contribution in [0.4, 0.5) is 14.5 Å². The normalized spacial score (nSPS) is 15.0. The highest BCUT2D eigenvalue weighted by molar-refractivity contribution is 6.02. The lowest BCUT2D eigenvalue weighted by molar-refractivity contribution is -0.116. The lowest BCUT2D eigenvalue weighted by Crippen LogP contribution is -2.32. The van der Waals surface area contributed by atoms with Crippen LogP contribution in [-0.2, 0) is 11.3 Å². The molecule has 2 heterocycles. The first-order valence-corrected chi connectivity index (χ1v) is 10.9. The van der Waals surface area contributed by atoms with Crippen molar-refractivity contribution in [1.82, 2.24) is 9.47 Å². The number of halogens is 2. The van der Waals surface area contributed by atoms with Gasteiger partial charge in [-0.05, 0) is 29.8 Å². The van der Waals surface area contributed by atoms with Gasteiger partial charge in [0.2, 0.25) is 5.91 Å². The zero-order valence-corrected chi connectivity index (χ0v) is 18.5. The van der Waals surface area contributed by atoms with Gasteiger partial charge in [0.25, 0.3) is 11.8 Å². The SMILES string of the molecule is N=C(N)c1ccc2cc(C(=O)N3CCC(F)(F)C3)n(Cc3cccc(NC(=O)CCN)c3)c2c1. The molecule has 0 unspecified atom stereocenters. The van der Waals surface area contributed by atoms with Gasteiger partial charge in [-0.2, -0.15) is 0 Å². The van der Waals surface area contributed by atoms with Gasteiger partial charge in [-0.25, -0.2) is 8.78 Å². The molecular formula is C24H26F2N6O2. The number of likely N-dealkylation sites (tertiary alicyclic amines) is 1. The third-order valence-electron chi connectivity index (χ3n) is 5.81. The number of nitrogen functional groups attached to an aromatic ring is 1. The van der Waals surface area contributed by atoms with Gasteiger partial charge in [0.05, 0.1) is 6.54 Å². The Bertz CT molecular complexity index is 1270. The van der Waals surface area contributed by atoms with Crippen molar-refractivity contribution in [2.45, 2.75) is 25.3 Å². The molecular weight excluding hydrogens is 442 g/mol. The van der Waals surface area contributed by atoms with E-state index in [-0.39, 0.29) is 49.9 Å². The minimum atomic E-state index is -2.90. The van der Waals surface area contributed by atoms with Crippen molar-refractivity contribution >= 4 is 34.2 Å². The number of nitrogens with one attached hydrogen (secondary N) is 2. The van der Waals surface area contributed by atoms with Crippen molar-refractivity contribution in [1.29, 1.82) is 5.41 Å². The zero-order valence-electron chi connectivity index (χ0n) is 18.5. The fourth-order valence-corrected chi connectivity index (χ4v) is 4.13. The largest absolute Gasteiger partial charge is 0.384 e. The van der Waals surface area contributed by atoms with Crippen LogP contribution in [0, 0.1) is 5.41 Å². The predicted octanol–water partition coefficient (Wildman–Crippen LogP) is 2.74. The molecule has 4 rings (SSSR count). The van der Waals surface area contributed by atoms with Crippen molar-refractivity contribution in [3.8, 4) is 0 Å². The third-order valence-corrected chi connectivity index (χ3v) is 5.81. The number of hydrogen-bond acceptors (Lipinski definition) is 4. The minimum absolute atomic E-state index is 0.0191. The Morgan fingerprint density at radius 1 is 1.15 bits per heavy atom. The summed E-state index contributed by atoms with van der Waals surface area (Å²) in [5.41, 5.74) is 13.9. The summed E-state index contributed by atoms with van der Waals surface area (Å²) < 4.78 is 29.3. The average molecular weight is 469 g/mol. The van der Waals surface area contributed by atoms with E-state index in [2.05, 4.69) is 5.32 Å². The second-order valence-corrected chi connectivity index (χ2v) is 8.42. The van der Waals surface area contributed by atoms with Crippen LogP contribution in [0.5, 0.6) is 0 Å². The molecule has 8 nitrogen and oxygen atoms in total. The van der Waals surface area contributed by atoms with Crippen LogP contribution >= 0.6 is 0 Å². The molecule has 1 aliphatic rings. The molecule has 2 amide bonds. The highest BCUT2D eigenvalue weighted by Gasteiger charge is 2.41. The monoisotopic (exact) mass is 468 g/mol. The van der Waals surface area contributed by atoms with Crippen LogP contribution < -0.4 is 16.8 Å². The average Bonchev–Trinajstić information content (AvgIpc) is 3.33. The molecule has 0 spiro atoms. The number of amidine groups is 1. The molecule has 3 aromatic rings. The lowest BCUT2D eigenvalue weighted by Gasteiger charge is -2.18. The van der Waals surface area contributed by atoms with Crippen LogP contribution in [-0.4, -0.2) is 52.7 Å². The van der Waals surface area contributed by atoms with Crippen molar-refractivity contribution in [2.24, 2.45) is 11.5 Å². The zero-order chi connectivity index (χ0) is 24.5. The van der Waals surface area contributed by atoms with E-state index in [1.54, 1.807) is 47.0 Å². The first-order valence-electron chi connectivity index (χ1n) is 10.9. The van der Waals surface area contributed by atoms with Crippen LogP contribution in [0.1, 0.15) is 34.5 Å². The number of anilines is 1. The van der Waals surface area contributed by atoms with Gasteiger partial charge in [0.1, 0.15) is 11.5 Å². The van der Waals surface area contributed by atoms with Crippen LogP contribution in [0.15, 0.2) is 48.5 Å². The number of benzene rings is 2. The summed E-state index contributed by atoms with van der Waals surface area (Å²) in [6.07, 6.45) is -0.169. The number of carbonyl (C=O) groups is 2. The van der Waals surface area contributed by atoms with Crippen molar-refractivity contribution < 1.29 is 18.4 Å². The standard InChI is InChI=1S/C24H26F2N6O2/c25-24(26)7-9-31(14-24)23(34)20-11-16-4-5-17(22(28)29)12-19(16)32(20)13-15-2-1-3-18(10-15)30-21(33)6-8-27/h1-5,10-12H,6-9,13-14,27H2,(H3,28,29)(H,30,33). The number of carbonyl (C=O) groups excluding carboxylic acids is 2. The quantitative estimate of drug-likeness (QED) is 0.314. The molecule has 1 saturated heterocycles. The summed E-state index contributed by atoms with van der Waals surface area (Å²) in [5.74, 6) is -3.70. The Morgan fingerprint density at radius 3 is 2.62 bits per heavy atom. The number of aromatic nitrogens is 1. The molecule has 0 saturated carbocycles. The number of alkyl halides is 2. The van der Waals surface area contributed by atoms with Crippen molar-refractivity contribution in [3.05, 3.63) is 65.4 Å². The second-order valence-electron chi connectivity index (χ2n) is 8.42. The molecule has 0 radical (unpaired) electrons. The summed E-state index contributed by atoms with van der Waals surface area (Å²) in [6, 6.07) is 14.0. The van der Waals surface area contributed by atoms with E-state index in [9.17, 15) is 18.4 Å². The summed E-state index contributed by atoms with van der Waals surface area (Å²) in [6.45, 7) is -0.152. The molecule has 1 fully saturated rings. The lowest BCUT2D eigenvalue weighted by atomic mass is 10.1. The van der Waals surface area contributed by atoms with Crippen molar-refractivity contribution in [2.75, 3.05) is 25.0 Å². The summed E-state index contributed by atoms with van der Waals surface area (Å²) in [5, 5.41) is 11.3. The molecule has 0 aliphatic carbocycles. The Morgan fingerprint density at radius 2 is 1.94 bits per heavy atom. The molecule has 0 bridgehead atoms. The predicted molar refractivity (Wildman–Crippen MR) is 126 cm³/mol. The van der Waals surface area contributed by atoms with Gasteiger partial charge in [-0.3, -0.25) is 15.0 Å². The van der Waals surface area contributed by atoms with Gasteiger partial charge >= 0.3 is 0 Å². The fourth-order valence-electron chi connectivity index (χ4n) is 4.13. The molecule has 34 heavy (non-hydrogen) atoms. The highest BCUT2D eigenvalue weighted by atomic mass is 19.3. The van der Waals surface area contributed by atoms with Gasteiger partial charge in [-0.1, -0.05) is 24.3 Å². The molecule has 6 N–H and O–H groups in total. The van der Waals surface area contributed by atoms with Crippen molar-refractivity contribution in [3.63, 3.8) is 0 Å².